The van der Waals surface area contributed by atoms with Crippen molar-refractivity contribution in [2.45, 2.75) is 51.2 Å². The standard InChI is InChI=1S/C17H33N7O6/c1-9(2)6-11(24-14(27)10(18)4-3-5-21-17(19)20)15(28)22-7-13(26)23-12(8-25)16(29)30/h9-12,25H,3-8,18H2,1-2H3,(H,22,28)(H,23,26)(H,24,27)(H,29,30)(H4,19,20,21). The normalized spacial score (nSPS) is 13.6. The van der Waals surface area contributed by atoms with Crippen molar-refractivity contribution >= 4 is 29.7 Å². The number of hydrogen-bond acceptors (Lipinski definition) is 7. The summed E-state index contributed by atoms with van der Waals surface area (Å²) in [6, 6.07) is -3.27. The number of rotatable bonds is 14. The maximum absolute atomic E-state index is 12.4. The lowest BCUT2D eigenvalue weighted by Gasteiger charge is -2.22. The topological polar surface area (TPSA) is 235 Å². The summed E-state index contributed by atoms with van der Waals surface area (Å²) in [5.41, 5.74) is 16.3. The second-order valence-electron chi connectivity index (χ2n) is 7.10. The first-order valence-electron chi connectivity index (χ1n) is 9.50. The number of nitrogens with two attached hydrogens (primary N) is 3. The fourth-order valence-corrected chi connectivity index (χ4v) is 2.35. The highest BCUT2D eigenvalue weighted by molar-refractivity contribution is 5.92. The van der Waals surface area contributed by atoms with Gasteiger partial charge in [0.1, 0.15) is 12.1 Å². The number of carboxylic acids is 1. The number of nitrogens with one attached hydrogen (secondary N) is 3. The van der Waals surface area contributed by atoms with E-state index in [0.717, 1.165) is 0 Å². The number of carbonyl (C=O) groups is 4. The van der Waals surface area contributed by atoms with Gasteiger partial charge < -0.3 is 43.4 Å². The maximum Gasteiger partial charge on any atom is 0.328 e. The summed E-state index contributed by atoms with van der Waals surface area (Å²) in [6.45, 7) is 2.72. The van der Waals surface area contributed by atoms with E-state index in [-0.39, 0.29) is 11.9 Å². The van der Waals surface area contributed by atoms with E-state index in [9.17, 15) is 19.2 Å². The van der Waals surface area contributed by atoms with E-state index in [4.69, 9.17) is 27.4 Å². The summed E-state index contributed by atoms with van der Waals surface area (Å²) in [5, 5.41) is 24.7. The second kappa shape index (κ2) is 14.1. The van der Waals surface area contributed by atoms with E-state index < -0.39 is 55.0 Å². The zero-order chi connectivity index (χ0) is 23.3. The molecule has 0 saturated carbocycles. The molecule has 172 valence electrons. The molecule has 0 aromatic rings. The van der Waals surface area contributed by atoms with Gasteiger partial charge in [-0.05, 0) is 25.2 Å². The van der Waals surface area contributed by atoms with Crippen molar-refractivity contribution < 1.29 is 29.4 Å². The van der Waals surface area contributed by atoms with Crippen molar-refractivity contribution in [2.75, 3.05) is 19.7 Å². The molecule has 3 atom stereocenters. The van der Waals surface area contributed by atoms with Crippen LogP contribution in [0.15, 0.2) is 4.99 Å². The van der Waals surface area contributed by atoms with Crippen LogP contribution in [0.4, 0.5) is 0 Å². The van der Waals surface area contributed by atoms with Crippen LogP contribution >= 0.6 is 0 Å². The first-order valence-corrected chi connectivity index (χ1v) is 9.50. The molecule has 0 heterocycles. The number of aliphatic hydroxyl groups is 1. The molecule has 0 aromatic carbocycles. The Morgan fingerprint density at radius 3 is 2.17 bits per heavy atom. The molecule has 0 fully saturated rings. The number of aliphatic carboxylic acids is 1. The third kappa shape index (κ3) is 11.8. The summed E-state index contributed by atoms with van der Waals surface area (Å²) in [4.78, 5) is 51.1. The lowest BCUT2D eigenvalue weighted by atomic mass is 10.0. The highest BCUT2D eigenvalue weighted by atomic mass is 16.4. The minimum absolute atomic E-state index is 0.0544. The van der Waals surface area contributed by atoms with Crippen molar-refractivity contribution in [3.63, 3.8) is 0 Å². The first kappa shape index (κ1) is 27.1. The molecule has 13 nitrogen and oxygen atoms in total. The van der Waals surface area contributed by atoms with Gasteiger partial charge in [0, 0.05) is 6.54 Å². The second-order valence-corrected chi connectivity index (χ2v) is 7.10. The predicted molar refractivity (Wildman–Crippen MR) is 109 cm³/mol. The van der Waals surface area contributed by atoms with Gasteiger partial charge >= 0.3 is 5.97 Å². The van der Waals surface area contributed by atoms with Gasteiger partial charge in [0.15, 0.2) is 5.96 Å². The molecule has 0 spiro atoms. The SMILES string of the molecule is CC(C)CC(NC(=O)C(N)CCCN=C(N)N)C(=O)NCC(=O)NC(CO)C(=O)O. The largest absolute Gasteiger partial charge is 0.480 e. The van der Waals surface area contributed by atoms with Gasteiger partial charge in [-0.15, -0.1) is 0 Å². The molecular formula is C17H33N7O6. The van der Waals surface area contributed by atoms with Gasteiger partial charge in [-0.1, -0.05) is 13.8 Å². The van der Waals surface area contributed by atoms with E-state index in [1.807, 2.05) is 13.8 Å². The van der Waals surface area contributed by atoms with E-state index in [2.05, 4.69) is 20.9 Å². The van der Waals surface area contributed by atoms with E-state index in [1.165, 1.54) is 0 Å². The molecule has 0 saturated heterocycles. The Balaban J connectivity index is 4.72. The predicted octanol–water partition coefficient (Wildman–Crippen LogP) is -3.42. The van der Waals surface area contributed by atoms with Crippen LogP contribution in [-0.2, 0) is 19.2 Å². The Bertz CT molecular complexity index is 622. The molecule has 0 bridgehead atoms. The summed E-state index contributed by atoms with van der Waals surface area (Å²) in [6.07, 6.45) is 1.08. The average Bonchev–Trinajstić information content (AvgIpc) is 2.65. The Hall–Kier alpha value is -2.93. The minimum Gasteiger partial charge on any atom is -0.480 e. The molecule has 0 aromatic heterocycles. The molecule has 0 aliphatic heterocycles. The van der Waals surface area contributed by atoms with E-state index >= 15 is 0 Å². The highest BCUT2D eigenvalue weighted by Crippen LogP contribution is 2.06. The fraction of sp³-hybridized carbons (Fsp3) is 0.706. The van der Waals surface area contributed by atoms with Crippen LogP contribution in [0.3, 0.4) is 0 Å². The van der Waals surface area contributed by atoms with Crippen LogP contribution in [0, 0.1) is 5.92 Å². The number of aliphatic imine (C=N–C) groups is 1. The van der Waals surface area contributed by atoms with Crippen LogP contribution in [0.25, 0.3) is 0 Å². The van der Waals surface area contributed by atoms with Crippen LogP contribution in [-0.4, -0.2) is 77.7 Å². The lowest BCUT2D eigenvalue weighted by Crippen LogP contribution is -2.54. The zero-order valence-corrected chi connectivity index (χ0v) is 17.3. The average molecular weight is 431 g/mol. The van der Waals surface area contributed by atoms with Gasteiger partial charge in [0.25, 0.3) is 0 Å². The summed E-state index contributed by atoms with van der Waals surface area (Å²) in [7, 11) is 0. The smallest absolute Gasteiger partial charge is 0.328 e. The highest BCUT2D eigenvalue weighted by Gasteiger charge is 2.25. The van der Waals surface area contributed by atoms with E-state index in [1.54, 1.807) is 0 Å². The number of hydrogen-bond donors (Lipinski definition) is 8. The van der Waals surface area contributed by atoms with Crippen LogP contribution in [0.2, 0.25) is 0 Å². The molecule has 0 radical (unpaired) electrons. The molecule has 0 rings (SSSR count). The first-order chi connectivity index (χ1) is 14.0. The van der Waals surface area contributed by atoms with Gasteiger partial charge in [-0.3, -0.25) is 19.4 Å². The number of carbonyl (C=O) groups excluding carboxylic acids is 3. The Morgan fingerprint density at radius 1 is 1.03 bits per heavy atom. The number of carboxylic acid groups (broad SMARTS) is 1. The number of nitrogens with zero attached hydrogens (tertiary/aromatic N) is 1. The number of guanidine groups is 1. The lowest BCUT2D eigenvalue weighted by molar-refractivity contribution is -0.142. The third-order valence-electron chi connectivity index (χ3n) is 3.88. The monoisotopic (exact) mass is 431 g/mol. The Kier molecular flexibility index (Phi) is 12.7. The minimum atomic E-state index is -1.47. The summed E-state index contributed by atoms with van der Waals surface area (Å²) < 4.78 is 0. The molecule has 30 heavy (non-hydrogen) atoms. The molecule has 11 N–H and O–H groups in total. The van der Waals surface area contributed by atoms with Crippen LogP contribution < -0.4 is 33.2 Å². The van der Waals surface area contributed by atoms with Crippen LogP contribution in [0.5, 0.6) is 0 Å². The van der Waals surface area contributed by atoms with Crippen molar-refractivity contribution in [2.24, 2.45) is 28.1 Å². The van der Waals surface area contributed by atoms with Crippen molar-refractivity contribution in [1.82, 2.24) is 16.0 Å². The van der Waals surface area contributed by atoms with Gasteiger partial charge in [-0.25, -0.2) is 4.79 Å². The summed E-state index contributed by atoms with van der Waals surface area (Å²) in [5.74, 6) is -3.35. The van der Waals surface area contributed by atoms with Crippen molar-refractivity contribution in [3.8, 4) is 0 Å². The Labute approximate surface area is 174 Å². The molecule has 3 unspecified atom stereocenters. The van der Waals surface area contributed by atoms with Gasteiger partial charge in [0.05, 0.1) is 19.2 Å². The molecule has 0 aliphatic carbocycles. The Morgan fingerprint density at radius 2 is 1.67 bits per heavy atom. The third-order valence-corrected chi connectivity index (χ3v) is 3.88. The molecule has 13 heteroatoms. The summed E-state index contributed by atoms with van der Waals surface area (Å²) >= 11 is 0. The molecule has 3 amide bonds. The number of aliphatic hydroxyl groups excluding tert-OH is 1. The van der Waals surface area contributed by atoms with Crippen LogP contribution in [0.1, 0.15) is 33.1 Å². The number of amides is 3. The fourth-order valence-electron chi connectivity index (χ4n) is 2.35. The van der Waals surface area contributed by atoms with Gasteiger partial charge in [-0.2, -0.15) is 0 Å². The zero-order valence-electron chi connectivity index (χ0n) is 17.3. The quantitative estimate of drug-likeness (QED) is 0.0775. The molecular weight excluding hydrogens is 398 g/mol. The van der Waals surface area contributed by atoms with E-state index in [0.29, 0.717) is 25.8 Å². The van der Waals surface area contributed by atoms with Crippen molar-refractivity contribution in [1.29, 1.82) is 0 Å². The molecule has 0 aliphatic rings. The van der Waals surface area contributed by atoms with Gasteiger partial charge in [0.2, 0.25) is 17.7 Å². The maximum atomic E-state index is 12.4. The van der Waals surface area contributed by atoms with Crippen molar-refractivity contribution in [3.05, 3.63) is 0 Å².